The molecule has 0 spiro atoms. The molecule has 0 aliphatic heterocycles. The van der Waals surface area contributed by atoms with E-state index in [-0.39, 0.29) is 101 Å². The maximum Gasteiger partial charge on any atom is 0.243 e. The number of aliphatic hydroxyl groups is 2. The van der Waals surface area contributed by atoms with Crippen LogP contribution >= 0.6 is 0 Å². The number of unbranched alkanes of at least 4 members (excludes halogenated alkanes) is 1. The number of carbonyl (C=O) groups excluding carboxylic acids is 12. The van der Waals surface area contributed by atoms with Gasteiger partial charge in [-0.3, -0.25) is 67.5 Å². The van der Waals surface area contributed by atoms with Gasteiger partial charge in [-0.2, -0.15) is 0 Å². The predicted molar refractivity (Wildman–Crippen MR) is 381 cm³/mol. The van der Waals surface area contributed by atoms with Crippen LogP contribution in [0.4, 0.5) is 0 Å². The number of amides is 12. The third-order valence-electron chi connectivity index (χ3n) is 16.4. The molecule has 0 radical (unpaired) electrons. The van der Waals surface area contributed by atoms with E-state index in [1.54, 1.807) is 25.1 Å². The second kappa shape index (κ2) is 46.6. The van der Waals surface area contributed by atoms with Crippen LogP contribution in [0.5, 0.6) is 5.75 Å². The minimum atomic E-state index is -1.73. The van der Waals surface area contributed by atoms with Crippen LogP contribution in [-0.2, 0) is 70.4 Å². The van der Waals surface area contributed by atoms with Crippen molar-refractivity contribution in [3.8, 4) is 5.75 Å². The lowest BCUT2D eigenvalue weighted by Gasteiger charge is -2.33. The second-order valence-corrected chi connectivity index (χ2v) is 26.2. The van der Waals surface area contributed by atoms with Gasteiger partial charge in [-0.1, -0.05) is 77.1 Å². The average molecular weight is 1440 g/mol. The maximum atomic E-state index is 14.9. The van der Waals surface area contributed by atoms with Crippen molar-refractivity contribution in [1.29, 1.82) is 0 Å². The molecule has 570 valence electrons. The van der Waals surface area contributed by atoms with Gasteiger partial charge in [0.05, 0.1) is 24.7 Å². The molecule has 29 N–H and O–H groups in total. The monoisotopic (exact) mass is 1440 g/mol. The number of aliphatic hydroxyl groups excluding tert-OH is 2. The van der Waals surface area contributed by atoms with Crippen molar-refractivity contribution in [1.82, 2.24) is 53.2 Å². The molecule has 0 saturated carbocycles. The Hall–Kier alpha value is -9.74. The number of nitrogens with zero attached hydrogens (tertiary/aromatic N) is 2. The fourth-order valence-corrected chi connectivity index (χ4v) is 10.5. The molecule has 12 amide bonds. The van der Waals surface area contributed by atoms with Gasteiger partial charge in [-0.15, -0.1) is 0 Å². The molecule has 102 heavy (non-hydrogen) atoms. The molecule has 1 unspecified atom stereocenters. The van der Waals surface area contributed by atoms with E-state index in [2.05, 4.69) is 63.2 Å². The zero-order valence-electron chi connectivity index (χ0n) is 59.5. The van der Waals surface area contributed by atoms with Crippen molar-refractivity contribution in [3.63, 3.8) is 0 Å². The van der Waals surface area contributed by atoms with Crippen molar-refractivity contribution in [2.24, 2.45) is 73.6 Å². The molecule has 2 aromatic rings. The number of primary amides is 3. The van der Waals surface area contributed by atoms with Crippen LogP contribution in [0.25, 0.3) is 0 Å². The number of aromatic hydroxyl groups is 1. The molecular formula is C67H112N20O15. The number of phenols is 1. The van der Waals surface area contributed by atoms with Gasteiger partial charge in [-0.25, -0.2) is 0 Å². The van der Waals surface area contributed by atoms with Gasteiger partial charge in [0, 0.05) is 44.4 Å². The molecule has 35 heteroatoms. The van der Waals surface area contributed by atoms with E-state index in [1.165, 1.54) is 38.1 Å². The van der Waals surface area contributed by atoms with Crippen LogP contribution < -0.4 is 99.0 Å². The van der Waals surface area contributed by atoms with Crippen LogP contribution in [0.3, 0.4) is 0 Å². The number of hydrogen-bond acceptors (Lipinski definition) is 19. The highest BCUT2D eigenvalue weighted by Gasteiger charge is 2.37. The first-order chi connectivity index (χ1) is 48.0. The van der Waals surface area contributed by atoms with E-state index in [1.807, 2.05) is 39.8 Å². The molecular weight excluding hydrogens is 1320 g/mol. The first kappa shape index (κ1) is 88.3. The van der Waals surface area contributed by atoms with Crippen LogP contribution in [0.15, 0.2) is 64.6 Å². The minimum Gasteiger partial charge on any atom is -0.508 e. The Morgan fingerprint density at radius 3 is 1.21 bits per heavy atom. The van der Waals surface area contributed by atoms with E-state index >= 15 is 0 Å². The molecule has 2 aromatic carbocycles. The summed E-state index contributed by atoms with van der Waals surface area (Å²) in [6.07, 6.45) is -2.25. The highest BCUT2D eigenvalue weighted by molar-refractivity contribution is 5.98. The van der Waals surface area contributed by atoms with Crippen LogP contribution in [0.2, 0.25) is 0 Å². The lowest BCUT2D eigenvalue weighted by atomic mass is 9.95. The first-order valence-electron chi connectivity index (χ1n) is 34.3. The minimum absolute atomic E-state index is 0.0136. The Morgan fingerprint density at radius 2 is 0.794 bits per heavy atom. The van der Waals surface area contributed by atoms with E-state index < -0.39 is 182 Å². The van der Waals surface area contributed by atoms with E-state index in [0.29, 0.717) is 24.8 Å². The van der Waals surface area contributed by atoms with Crippen LogP contribution in [0, 0.1) is 17.8 Å². The van der Waals surface area contributed by atoms with E-state index in [4.69, 9.17) is 45.9 Å². The number of hydrogen-bond donors (Lipinski definition) is 21. The summed E-state index contributed by atoms with van der Waals surface area (Å²) in [5.41, 5.74) is 45.6. The first-order valence-corrected chi connectivity index (χ1v) is 34.3. The lowest BCUT2D eigenvalue weighted by Crippen LogP contribution is -2.61. The highest BCUT2D eigenvalue weighted by Crippen LogP contribution is 2.17. The topological polar surface area (TPSA) is 619 Å². The molecule has 0 saturated heterocycles. The van der Waals surface area contributed by atoms with E-state index in [0.717, 1.165) is 5.56 Å². The summed E-state index contributed by atoms with van der Waals surface area (Å²) in [6.45, 7) is 11.5. The van der Waals surface area contributed by atoms with Crippen molar-refractivity contribution in [2.75, 3.05) is 26.2 Å². The highest BCUT2D eigenvalue weighted by atomic mass is 16.3. The van der Waals surface area contributed by atoms with Gasteiger partial charge in [0.25, 0.3) is 0 Å². The molecule has 13 atom stereocenters. The van der Waals surface area contributed by atoms with Crippen LogP contribution in [0.1, 0.15) is 143 Å². The number of nitrogens with two attached hydrogens (primary N) is 8. The summed E-state index contributed by atoms with van der Waals surface area (Å²) >= 11 is 0. The largest absolute Gasteiger partial charge is 0.508 e. The van der Waals surface area contributed by atoms with Crippen molar-refractivity contribution >= 4 is 82.8 Å². The fraction of sp³-hybridized carbons (Fsp3) is 0.612. The molecule has 0 bridgehead atoms. The van der Waals surface area contributed by atoms with Gasteiger partial charge in [0.15, 0.2) is 11.9 Å². The zero-order chi connectivity index (χ0) is 76.8. The number of rotatable bonds is 50. The molecule has 0 aliphatic carbocycles. The van der Waals surface area contributed by atoms with Gasteiger partial charge in [0.2, 0.25) is 70.9 Å². The number of guanidine groups is 2. The number of nitrogens with one attached hydrogen (secondary N) is 10. The smallest absolute Gasteiger partial charge is 0.243 e. The molecule has 0 aliphatic rings. The number of carbonyl (C=O) groups is 12. The Morgan fingerprint density at radius 1 is 0.422 bits per heavy atom. The standard InChI is InChI=1S/C67H112N20O15/c1-36(2)31-49(39(6)78-51(33-41-15-9-8-10-16-41)64(101)87-53(35-88)56(71)93)84-63(100)50(32-37(3)4)85-60(97)44(17-11-12-28-68)80-59(96)46(19-14-30-77-67(74)75)81-65(102)52(34-42-20-22-43(90)23-21-42)86-62(99)48(25-27-55(70)92)83-61(98)47(24-26-54(69)91)82-58(95)45(18-13-29-76-66(72)73)79-57(94)38(5)40(7)89/h8-10,15-16,20-23,36-40,44-53,78,88-90H,11-14,17-19,24-35,68H2,1-7H3,(H2,69,91)(H2,70,92)(H2,71,93)(H,79,94)(H,80,96)(H,81,102)(H,82,95)(H,83,98)(H,84,100)(H,85,97)(H,86,99)(H,87,101)(H4,72,73,76)(H4,74,75,77)/t38-,39?,40+,44-,45-,46-,47-,48-,49-,50-,51-,52-,53-/m0/s1. The quantitative estimate of drug-likeness (QED) is 0.0168. The number of benzene rings is 2. The Kier molecular flexibility index (Phi) is 40.4. The molecule has 2 rings (SSSR count). The summed E-state index contributed by atoms with van der Waals surface area (Å²) < 4.78 is 0. The van der Waals surface area contributed by atoms with Gasteiger partial charge in [0.1, 0.15) is 54.1 Å². The van der Waals surface area contributed by atoms with Gasteiger partial charge >= 0.3 is 0 Å². The fourth-order valence-electron chi connectivity index (χ4n) is 10.5. The predicted octanol–water partition coefficient (Wildman–Crippen LogP) is -4.76. The average Bonchev–Trinajstić information content (AvgIpc) is 0.854. The third-order valence-corrected chi connectivity index (χ3v) is 16.4. The normalized spacial score (nSPS) is 15.0. The summed E-state index contributed by atoms with van der Waals surface area (Å²) in [5.74, 6) is -12.4. The second-order valence-electron chi connectivity index (χ2n) is 26.2. The Labute approximate surface area is 595 Å². The van der Waals surface area contributed by atoms with Crippen molar-refractivity contribution in [2.45, 2.75) is 217 Å². The lowest BCUT2D eigenvalue weighted by molar-refractivity contribution is -0.136. The Bertz CT molecular complexity index is 3100. The summed E-state index contributed by atoms with van der Waals surface area (Å²) in [7, 11) is 0. The van der Waals surface area contributed by atoms with Crippen LogP contribution in [-0.4, -0.2) is 197 Å². The van der Waals surface area contributed by atoms with E-state index in [9.17, 15) is 72.9 Å². The Balaban J connectivity index is 2.68. The SMILES string of the molecule is CC(C)C[C@H](NC(=O)[C@H](CCCCN)NC(=O)[C@H](CCCN=C(N)N)NC(=O)[C@H](Cc1ccc(O)cc1)NC(=O)[C@H](CCC(N)=O)NC(=O)[C@H](CCC(N)=O)NC(=O)[C@H](CCCN=C(N)N)NC(=O)[C@@H](C)[C@@H](C)O)C(=O)N[C@@H](CC(C)C)C(C)N[C@@H](Cc1ccccc1)C(=O)N[C@@H](CO)C(N)=O. The summed E-state index contributed by atoms with van der Waals surface area (Å²) in [5, 5.41) is 57.4. The number of aliphatic imine (C=N–C) groups is 2. The van der Waals surface area contributed by atoms with Gasteiger partial charge < -0.3 is 114 Å². The molecule has 0 fully saturated rings. The molecule has 0 heterocycles. The number of phenolic OH excluding ortho intramolecular Hbond substituents is 1. The van der Waals surface area contributed by atoms with Crippen molar-refractivity contribution in [3.05, 3.63) is 65.7 Å². The molecule has 35 nitrogen and oxygen atoms in total. The summed E-state index contributed by atoms with van der Waals surface area (Å²) in [6, 6.07) is 0.327. The summed E-state index contributed by atoms with van der Waals surface area (Å²) in [4.78, 5) is 174. The zero-order valence-corrected chi connectivity index (χ0v) is 59.5. The maximum absolute atomic E-state index is 14.9. The molecule has 0 aromatic heterocycles. The van der Waals surface area contributed by atoms with Gasteiger partial charge in [-0.05, 0) is 133 Å². The van der Waals surface area contributed by atoms with Crippen molar-refractivity contribution < 1.29 is 72.9 Å². The third kappa shape index (κ3) is 35.0.